The summed E-state index contributed by atoms with van der Waals surface area (Å²) in [7, 11) is 0. The topological polar surface area (TPSA) is 65.4 Å². The minimum atomic E-state index is -0.385. The maximum atomic E-state index is 10.9. The molecule has 1 aliphatic rings. The van der Waals surface area contributed by atoms with Gasteiger partial charge in [0.1, 0.15) is 5.82 Å². The molecule has 27 heavy (non-hydrogen) atoms. The second kappa shape index (κ2) is 8.25. The molecule has 0 aliphatic carbocycles. The maximum Gasteiger partial charge on any atom is 0.269 e. The highest BCUT2D eigenvalue weighted by atomic mass is 35.5. The molecule has 8 heteroatoms. The molecular weight excluding hydrogens is 387 g/mol. The third-order valence-corrected chi connectivity index (χ3v) is 5.22. The zero-order chi connectivity index (χ0) is 18.1. The molecule has 0 saturated carbocycles. The fraction of sp³-hybridized carbons (Fsp3) is 0.316. The van der Waals surface area contributed by atoms with Crippen LogP contribution in [0.2, 0.25) is 5.02 Å². The molecule has 1 fully saturated rings. The van der Waals surface area contributed by atoms with Crippen molar-refractivity contribution in [2.45, 2.75) is 25.9 Å². The van der Waals surface area contributed by atoms with Crippen LogP contribution in [0.4, 0.5) is 5.69 Å². The van der Waals surface area contributed by atoms with Gasteiger partial charge in [0.2, 0.25) is 0 Å². The van der Waals surface area contributed by atoms with E-state index in [0.717, 1.165) is 42.2 Å². The van der Waals surface area contributed by atoms with Crippen LogP contribution in [0.25, 0.3) is 22.4 Å². The van der Waals surface area contributed by atoms with Crippen molar-refractivity contribution in [1.82, 2.24) is 9.55 Å². The lowest BCUT2D eigenvalue weighted by atomic mass is 10.1. The molecular formula is C19H20Cl2N4O2. The van der Waals surface area contributed by atoms with Gasteiger partial charge in [-0.15, -0.1) is 0 Å². The van der Waals surface area contributed by atoms with Gasteiger partial charge in [0, 0.05) is 22.7 Å². The van der Waals surface area contributed by atoms with Crippen molar-refractivity contribution in [2.24, 2.45) is 0 Å². The van der Waals surface area contributed by atoms with E-state index in [4.69, 9.17) is 16.6 Å². The zero-order valence-electron chi connectivity index (χ0n) is 14.7. The quantitative estimate of drug-likeness (QED) is 0.500. The predicted molar refractivity (Wildman–Crippen MR) is 101 cm³/mol. The third kappa shape index (κ3) is 4.08. The SMILES string of the molecule is O=[N+]([O-])c1ccc(-c2nc3cc(Cl)ccc3n2C[NH+]2CCCCC2)cc1.[Cl-]. The van der Waals surface area contributed by atoms with E-state index in [9.17, 15) is 10.1 Å². The van der Waals surface area contributed by atoms with Crippen molar-refractivity contribution >= 4 is 28.3 Å². The van der Waals surface area contributed by atoms with Gasteiger partial charge in [-0.1, -0.05) is 11.6 Å². The Morgan fingerprint density at radius 3 is 2.48 bits per heavy atom. The number of halogens is 2. The number of piperidine rings is 1. The van der Waals surface area contributed by atoms with Gasteiger partial charge in [-0.25, -0.2) is 4.98 Å². The molecule has 2 heterocycles. The first-order valence-electron chi connectivity index (χ1n) is 8.86. The van der Waals surface area contributed by atoms with Crippen molar-refractivity contribution in [3.63, 3.8) is 0 Å². The summed E-state index contributed by atoms with van der Waals surface area (Å²) >= 11 is 6.14. The molecule has 1 aromatic heterocycles. The van der Waals surface area contributed by atoms with Gasteiger partial charge in [0.05, 0.1) is 29.0 Å². The monoisotopic (exact) mass is 406 g/mol. The van der Waals surface area contributed by atoms with Crippen LogP contribution in [-0.4, -0.2) is 27.6 Å². The first-order chi connectivity index (χ1) is 12.6. The molecule has 0 unspecified atom stereocenters. The number of rotatable bonds is 4. The molecule has 0 radical (unpaired) electrons. The number of nitro benzene ring substituents is 1. The highest BCUT2D eigenvalue weighted by Crippen LogP contribution is 2.27. The van der Waals surface area contributed by atoms with E-state index in [1.165, 1.54) is 36.3 Å². The van der Waals surface area contributed by atoms with E-state index < -0.39 is 0 Å². The summed E-state index contributed by atoms with van der Waals surface area (Å²) in [5.41, 5.74) is 2.85. The number of hydrogen-bond donors (Lipinski definition) is 1. The lowest BCUT2D eigenvalue weighted by molar-refractivity contribution is -0.927. The minimum absolute atomic E-state index is 0. The maximum absolute atomic E-state index is 10.9. The Kier molecular flexibility index (Phi) is 5.99. The number of nitrogens with zero attached hydrogens (tertiary/aromatic N) is 3. The Bertz CT molecular complexity index is 950. The van der Waals surface area contributed by atoms with E-state index in [1.54, 1.807) is 12.1 Å². The number of aromatic nitrogens is 2. The van der Waals surface area contributed by atoms with Crippen molar-refractivity contribution in [3.05, 3.63) is 57.6 Å². The molecule has 1 saturated heterocycles. The molecule has 1 N–H and O–H groups in total. The number of imidazole rings is 1. The van der Waals surface area contributed by atoms with Gasteiger partial charge < -0.3 is 17.3 Å². The summed E-state index contributed by atoms with van der Waals surface area (Å²) in [6.07, 6.45) is 3.81. The Balaban J connectivity index is 0.00000210. The number of quaternary nitrogens is 1. The first-order valence-corrected chi connectivity index (χ1v) is 9.24. The first kappa shape index (κ1) is 19.6. The molecule has 0 spiro atoms. The fourth-order valence-electron chi connectivity index (χ4n) is 3.65. The fourth-order valence-corrected chi connectivity index (χ4v) is 3.82. The third-order valence-electron chi connectivity index (χ3n) is 4.99. The van der Waals surface area contributed by atoms with Crippen molar-refractivity contribution < 1.29 is 22.2 Å². The van der Waals surface area contributed by atoms with Gasteiger partial charge in [-0.05, 0) is 49.6 Å². The van der Waals surface area contributed by atoms with Crippen LogP contribution in [0.1, 0.15) is 19.3 Å². The smallest absolute Gasteiger partial charge is 0.269 e. The second-order valence-electron chi connectivity index (χ2n) is 6.77. The molecule has 3 aromatic rings. The van der Waals surface area contributed by atoms with E-state index in [2.05, 4.69) is 4.57 Å². The summed E-state index contributed by atoms with van der Waals surface area (Å²) in [5, 5.41) is 11.6. The molecule has 4 rings (SSSR count). The average Bonchev–Trinajstić information content (AvgIpc) is 3.00. The van der Waals surface area contributed by atoms with E-state index >= 15 is 0 Å². The van der Waals surface area contributed by atoms with E-state index in [0.29, 0.717) is 5.02 Å². The largest absolute Gasteiger partial charge is 1.00 e. The number of hydrogen-bond acceptors (Lipinski definition) is 3. The summed E-state index contributed by atoms with van der Waals surface area (Å²) < 4.78 is 2.22. The van der Waals surface area contributed by atoms with Crippen LogP contribution < -0.4 is 17.3 Å². The molecule has 1 aliphatic heterocycles. The minimum Gasteiger partial charge on any atom is -1.00 e. The Morgan fingerprint density at radius 2 is 1.81 bits per heavy atom. The van der Waals surface area contributed by atoms with Crippen LogP contribution in [0.5, 0.6) is 0 Å². The molecule has 6 nitrogen and oxygen atoms in total. The molecule has 0 atom stereocenters. The van der Waals surface area contributed by atoms with Crippen LogP contribution in [0, 0.1) is 10.1 Å². The lowest BCUT2D eigenvalue weighted by Crippen LogP contribution is -3.12. The predicted octanol–water partition coefficient (Wildman–Crippen LogP) is 0.295. The summed E-state index contributed by atoms with van der Waals surface area (Å²) in [6.45, 7) is 3.16. The molecule has 142 valence electrons. The lowest BCUT2D eigenvalue weighted by Gasteiger charge is -2.24. The summed E-state index contributed by atoms with van der Waals surface area (Å²) in [5.74, 6) is 0.829. The van der Waals surface area contributed by atoms with Crippen LogP contribution >= 0.6 is 11.6 Å². The number of nitro groups is 1. The summed E-state index contributed by atoms with van der Waals surface area (Å²) in [6, 6.07) is 12.3. The van der Waals surface area contributed by atoms with Crippen molar-refractivity contribution in [3.8, 4) is 11.4 Å². The van der Waals surface area contributed by atoms with Crippen LogP contribution in [0.3, 0.4) is 0 Å². The Morgan fingerprint density at radius 1 is 1.11 bits per heavy atom. The average molecular weight is 407 g/mol. The number of fused-ring (bicyclic) bond motifs is 1. The standard InChI is InChI=1S/C19H19ClN4O2.ClH/c20-15-6-9-18-17(12-15)21-19(14-4-7-16(8-5-14)24(25)26)23(18)13-22-10-2-1-3-11-22;/h4-9,12H,1-3,10-11,13H2;1H. The number of benzene rings is 2. The highest BCUT2D eigenvalue weighted by molar-refractivity contribution is 6.31. The highest BCUT2D eigenvalue weighted by Gasteiger charge is 2.20. The van der Waals surface area contributed by atoms with Gasteiger partial charge in [0.15, 0.2) is 6.67 Å². The number of likely N-dealkylation sites (tertiary alicyclic amines) is 1. The van der Waals surface area contributed by atoms with Gasteiger partial charge in [-0.3, -0.25) is 14.7 Å². The molecule has 2 aromatic carbocycles. The van der Waals surface area contributed by atoms with Gasteiger partial charge >= 0.3 is 0 Å². The Labute approximate surface area is 168 Å². The zero-order valence-corrected chi connectivity index (χ0v) is 16.2. The number of nitrogens with one attached hydrogen (secondary N) is 1. The van der Waals surface area contributed by atoms with Crippen molar-refractivity contribution in [1.29, 1.82) is 0 Å². The Hall–Kier alpha value is -2.15. The van der Waals surface area contributed by atoms with Gasteiger partial charge in [-0.2, -0.15) is 0 Å². The summed E-state index contributed by atoms with van der Waals surface area (Å²) in [4.78, 5) is 16.9. The van der Waals surface area contributed by atoms with Crippen LogP contribution in [-0.2, 0) is 6.67 Å². The van der Waals surface area contributed by atoms with Crippen molar-refractivity contribution in [2.75, 3.05) is 13.1 Å². The molecule has 0 amide bonds. The second-order valence-corrected chi connectivity index (χ2v) is 7.21. The van der Waals surface area contributed by atoms with Gasteiger partial charge in [0.25, 0.3) is 5.69 Å². The molecule has 0 bridgehead atoms. The number of non-ortho nitro benzene ring substituents is 1. The normalized spacial score (nSPS) is 14.9. The van der Waals surface area contributed by atoms with E-state index in [1.807, 2.05) is 18.2 Å². The van der Waals surface area contributed by atoms with E-state index in [-0.39, 0.29) is 23.0 Å². The van der Waals surface area contributed by atoms with Crippen LogP contribution in [0.15, 0.2) is 42.5 Å².